The predicted molar refractivity (Wildman–Crippen MR) is 60.8 cm³/mol. The number of hydrogen-bond acceptors (Lipinski definition) is 3. The fraction of sp³-hybridized carbons (Fsp3) is 0.500. The number of benzene rings is 1. The second-order valence-corrected chi connectivity index (χ2v) is 4.16. The Labute approximate surface area is 95.0 Å². The first kappa shape index (κ1) is 12.9. The molecule has 0 amide bonds. The molecule has 3 N–H and O–H groups in total. The van der Waals surface area contributed by atoms with Crippen LogP contribution in [0.4, 0.5) is 4.39 Å². The van der Waals surface area contributed by atoms with Gasteiger partial charge in [-0.25, -0.2) is 4.39 Å². The summed E-state index contributed by atoms with van der Waals surface area (Å²) in [5, 5.41) is 9.66. The third-order valence-corrected chi connectivity index (χ3v) is 2.16. The number of rotatable bonds is 4. The molecular weight excluding hydrogens is 209 g/mol. The van der Waals surface area contributed by atoms with Gasteiger partial charge in [0.25, 0.3) is 0 Å². The predicted octanol–water partition coefficient (Wildman–Crippen LogP) is 1.99. The molecule has 0 aliphatic rings. The maximum Gasteiger partial charge on any atom is 0.165 e. The Bertz CT molecular complexity index is 353. The zero-order valence-corrected chi connectivity index (χ0v) is 9.77. The fourth-order valence-corrected chi connectivity index (χ4v) is 1.35. The van der Waals surface area contributed by atoms with E-state index < -0.39 is 18.0 Å². The van der Waals surface area contributed by atoms with Gasteiger partial charge in [0.2, 0.25) is 0 Å². The monoisotopic (exact) mass is 227 g/mol. The number of hydrogen-bond donors (Lipinski definition) is 2. The molecule has 1 rings (SSSR count). The van der Waals surface area contributed by atoms with Crippen LogP contribution in [0.1, 0.15) is 32.4 Å². The summed E-state index contributed by atoms with van der Waals surface area (Å²) in [6.45, 7) is 5.31. The molecule has 4 heteroatoms. The number of ether oxygens (including phenoxy) is 1. The highest BCUT2D eigenvalue weighted by atomic mass is 19.1. The van der Waals surface area contributed by atoms with Crippen LogP contribution >= 0.6 is 0 Å². The Morgan fingerprint density at radius 2 is 1.94 bits per heavy atom. The number of aliphatic hydroxyl groups is 1. The molecule has 0 saturated heterocycles. The molecule has 0 bridgehead atoms. The van der Waals surface area contributed by atoms with Crippen LogP contribution in [0.2, 0.25) is 0 Å². The highest BCUT2D eigenvalue weighted by molar-refractivity contribution is 5.31. The molecule has 1 aromatic rings. The topological polar surface area (TPSA) is 55.5 Å². The van der Waals surface area contributed by atoms with Gasteiger partial charge in [-0.1, -0.05) is 6.07 Å². The van der Waals surface area contributed by atoms with Gasteiger partial charge < -0.3 is 15.6 Å². The minimum absolute atomic E-state index is 0.0845. The normalized spacial score (nSPS) is 14.9. The van der Waals surface area contributed by atoms with Crippen molar-refractivity contribution in [3.8, 4) is 5.75 Å². The van der Waals surface area contributed by atoms with Crippen LogP contribution in [0.3, 0.4) is 0 Å². The lowest BCUT2D eigenvalue weighted by molar-refractivity contribution is 0.152. The van der Waals surface area contributed by atoms with Gasteiger partial charge in [0, 0.05) is 6.04 Å². The largest absolute Gasteiger partial charge is 0.488 e. The van der Waals surface area contributed by atoms with Gasteiger partial charge in [-0.05, 0) is 38.5 Å². The van der Waals surface area contributed by atoms with Crippen LogP contribution in [0.5, 0.6) is 5.75 Å². The third-order valence-electron chi connectivity index (χ3n) is 2.16. The van der Waals surface area contributed by atoms with E-state index >= 15 is 0 Å². The van der Waals surface area contributed by atoms with E-state index in [9.17, 15) is 9.50 Å². The van der Waals surface area contributed by atoms with Crippen LogP contribution in [-0.2, 0) is 0 Å². The molecule has 0 heterocycles. The molecule has 0 saturated carbocycles. The second-order valence-electron chi connectivity index (χ2n) is 4.16. The molecule has 0 radical (unpaired) electrons. The van der Waals surface area contributed by atoms with Crippen molar-refractivity contribution in [3.05, 3.63) is 29.6 Å². The van der Waals surface area contributed by atoms with Crippen molar-refractivity contribution in [1.29, 1.82) is 0 Å². The van der Waals surface area contributed by atoms with Crippen molar-refractivity contribution in [2.75, 3.05) is 0 Å². The number of nitrogens with two attached hydrogens (primary N) is 1. The van der Waals surface area contributed by atoms with Crippen molar-refractivity contribution in [2.24, 2.45) is 5.73 Å². The summed E-state index contributed by atoms with van der Waals surface area (Å²) < 4.78 is 18.8. The average Bonchev–Trinajstić information content (AvgIpc) is 2.19. The summed E-state index contributed by atoms with van der Waals surface area (Å²) in [6, 6.07) is 3.95. The Morgan fingerprint density at radius 1 is 1.31 bits per heavy atom. The molecule has 90 valence electrons. The van der Waals surface area contributed by atoms with Crippen LogP contribution in [0.15, 0.2) is 18.2 Å². The van der Waals surface area contributed by atoms with Crippen molar-refractivity contribution >= 4 is 0 Å². The molecule has 16 heavy (non-hydrogen) atoms. The highest BCUT2D eigenvalue weighted by Gasteiger charge is 2.15. The summed E-state index contributed by atoms with van der Waals surface area (Å²) >= 11 is 0. The zero-order valence-electron chi connectivity index (χ0n) is 9.77. The van der Waals surface area contributed by atoms with Gasteiger partial charge in [-0.15, -0.1) is 0 Å². The summed E-state index contributed by atoms with van der Waals surface area (Å²) in [7, 11) is 0. The minimum Gasteiger partial charge on any atom is -0.488 e. The second kappa shape index (κ2) is 5.27. The standard InChI is InChI=1S/C12H18FNO2/c1-7(2)16-11-5-4-9(6-10(11)13)12(15)8(3)14/h4-8,12,15H,14H2,1-3H3. The van der Waals surface area contributed by atoms with Gasteiger partial charge in [0.15, 0.2) is 11.6 Å². The van der Waals surface area contributed by atoms with Gasteiger partial charge in [0.05, 0.1) is 12.2 Å². The van der Waals surface area contributed by atoms with Gasteiger partial charge in [-0.3, -0.25) is 0 Å². The van der Waals surface area contributed by atoms with Crippen molar-refractivity contribution < 1.29 is 14.2 Å². The quantitative estimate of drug-likeness (QED) is 0.827. The van der Waals surface area contributed by atoms with E-state index in [1.807, 2.05) is 13.8 Å². The summed E-state index contributed by atoms with van der Waals surface area (Å²) in [5.74, 6) is -0.290. The zero-order chi connectivity index (χ0) is 12.3. The smallest absolute Gasteiger partial charge is 0.165 e. The van der Waals surface area contributed by atoms with Gasteiger partial charge in [0.1, 0.15) is 0 Å². The SMILES string of the molecule is CC(C)Oc1ccc(C(O)C(C)N)cc1F. The molecule has 1 aromatic carbocycles. The van der Waals surface area contributed by atoms with E-state index in [1.54, 1.807) is 13.0 Å². The molecule has 2 unspecified atom stereocenters. The lowest BCUT2D eigenvalue weighted by atomic mass is 10.0. The first-order chi connectivity index (χ1) is 7.41. The molecule has 3 nitrogen and oxygen atoms in total. The number of halogens is 1. The van der Waals surface area contributed by atoms with Gasteiger partial charge in [-0.2, -0.15) is 0 Å². The average molecular weight is 227 g/mol. The van der Waals surface area contributed by atoms with Crippen molar-refractivity contribution in [1.82, 2.24) is 0 Å². The Balaban J connectivity index is 2.90. The molecule has 0 aliphatic carbocycles. The van der Waals surface area contributed by atoms with E-state index in [2.05, 4.69) is 0 Å². The van der Waals surface area contributed by atoms with Gasteiger partial charge >= 0.3 is 0 Å². The Morgan fingerprint density at radius 3 is 2.38 bits per heavy atom. The molecule has 0 fully saturated rings. The molecular formula is C12H18FNO2. The highest BCUT2D eigenvalue weighted by Crippen LogP contribution is 2.24. The summed E-state index contributed by atoms with van der Waals surface area (Å²) in [4.78, 5) is 0. The number of aliphatic hydroxyl groups excluding tert-OH is 1. The van der Waals surface area contributed by atoms with Crippen LogP contribution in [0.25, 0.3) is 0 Å². The van der Waals surface area contributed by atoms with E-state index in [1.165, 1.54) is 12.1 Å². The maximum absolute atomic E-state index is 13.6. The molecule has 0 aliphatic heterocycles. The third kappa shape index (κ3) is 3.18. The first-order valence-corrected chi connectivity index (χ1v) is 5.31. The van der Waals surface area contributed by atoms with E-state index in [4.69, 9.17) is 10.5 Å². The lowest BCUT2D eigenvalue weighted by Gasteiger charge is -2.16. The van der Waals surface area contributed by atoms with E-state index in [-0.39, 0.29) is 11.9 Å². The minimum atomic E-state index is -0.859. The van der Waals surface area contributed by atoms with Crippen molar-refractivity contribution in [3.63, 3.8) is 0 Å². The van der Waals surface area contributed by atoms with Crippen molar-refractivity contribution in [2.45, 2.75) is 39.0 Å². The molecule has 0 spiro atoms. The molecule has 0 aromatic heterocycles. The summed E-state index contributed by atoms with van der Waals surface area (Å²) in [5.41, 5.74) is 5.99. The van der Waals surface area contributed by atoms with Crippen LogP contribution in [-0.4, -0.2) is 17.3 Å². The van der Waals surface area contributed by atoms with E-state index in [0.717, 1.165) is 0 Å². The fourth-order valence-electron chi connectivity index (χ4n) is 1.35. The van der Waals surface area contributed by atoms with E-state index in [0.29, 0.717) is 5.56 Å². The van der Waals surface area contributed by atoms with Crippen LogP contribution < -0.4 is 10.5 Å². The lowest BCUT2D eigenvalue weighted by Crippen LogP contribution is -2.24. The van der Waals surface area contributed by atoms with Crippen LogP contribution in [0, 0.1) is 5.82 Å². The summed E-state index contributed by atoms with van der Waals surface area (Å²) in [6.07, 6.45) is -0.943. The maximum atomic E-state index is 13.6. The Hall–Kier alpha value is -1.13. The first-order valence-electron chi connectivity index (χ1n) is 5.31. The Kier molecular flexibility index (Phi) is 4.26. The molecule has 2 atom stereocenters.